The summed E-state index contributed by atoms with van der Waals surface area (Å²) in [7, 11) is 0. The predicted molar refractivity (Wildman–Crippen MR) is 93.5 cm³/mol. The second-order valence-corrected chi connectivity index (χ2v) is 5.83. The van der Waals surface area contributed by atoms with E-state index in [9.17, 15) is 4.79 Å². The van der Waals surface area contributed by atoms with Gasteiger partial charge in [-0.25, -0.2) is 9.67 Å². The first-order valence-electron chi connectivity index (χ1n) is 8.03. The van der Waals surface area contributed by atoms with Gasteiger partial charge in [0, 0.05) is 6.21 Å². The van der Waals surface area contributed by atoms with Gasteiger partial charge in [0.1, 0.15) is 11.7 Å². The van der Waals surface area contributed by atoms with Gasteiger partial charge in [0.05, 0.1) is 11.9 Å². The quantitative estimate of drug-likeness (QED) is 0.551. The molecule has 6 nitrogen and oxygen atoms in total. The first-order chi connectivity index (χ1) is 11.8. The summed E-state index contributed by atoms with van der Waals surface area (Å²) >= 11 is 0. The maximum absolute atomic E-state index is 12.6. The molecule has 0 radical (unpaired) electrons. The first kappa shape index (κ1) is 14.6. The van der Waals surface area contributed by atoms with E-state index in [1.807, 2.05) is 36.5 Å². The van der Waals surface area contributed by atoms with E-state index >= 15 is 0 Å². The molecule has 0 unspecified atom stereocenters. The highest BCUT2D eigenvalue weighted by Crippen LogP contribution is 2.16. The lowest BCUT2D eigenvalue weighted by molar-refractivity contribution is 0.620. The van der Waals surface area contributed by atoms with Gasteiger partial charge in [0.25, 0.3) is 5.56 Å². The van der Waals surface area contributed by atoms with Gasteiger partial charge in [0.15, 0.2) is 5.65 Å². The van der Waals surface area contributed by atoms with Gasteiger partial charge in [0.2, 0.25) is 0 Å². The molecule has 2 heterocycles. The van der Waals surface area contributed by atoms with Crippen LogP contribution in [0, 0.1) is 5.92 Å². The van der Waals surface area contributed by atoms with Crippen molar-refractivity contribution in [2.24, 2.45) is 11.0 Å². The zero-order valence-corrected chi connectivity index (χ0v) is 13.1. The van der Waals surface area contributed by atoms with Crippen molar-refractivity contribution in [1.82, 2.24) is 19.4 Å². The lowest BCUT2D eigenvalue weighted by Gasteiger charge is -2.11. The van der Waals surface area contributed by atoms with Crippen molar-refractivity contribution in [1.29, 1.82) is 0 Å². The fraction of sp³-hybridized carbons (Fsp3) is 0.222. The maximum atomic E-state index is 12.6. The summed E-state index contributed by atoms with van der Waals surface area (Å²) < 4.78 is 2.95. The minimum Gasteiger partial charge on any atom is -0.266 e. The zero-order chi connectivity index (χ0) is 16.4. The van der Waals surface area contributed by atoms with Crippen LogP contribution in [0.5, 0.6) is 0 Å². The second kappa shape index (κ2) is 6.23. The molecule has 120 valence electrons. The third-order valence-electron chi connectivity index (χ3n) is 4.18. The van der Waals surface area contributed by atoms with E-state index in [1.165, 1.54) is 11.0 Å². The minimum atomic E-state index is -0.204. The molecule has 0 amide bonds. The summed E-state index contributed by atoms with van der Waals surface area (Å²) in [5, 5.41) is 9.06. The number of nitrogens with zero attached hydrogens (tertiary/aromatic N) is 5. The molecule has 0 saturated heterocycles. The Morgan fingerprint density at radius 2 is 2.08 bits per heavy atom. The molecule has 0 N–H and O–H groups in total. The van der Waals surface area contributed by atoms with Crippen molar-refractivity contribution < 1.29 is 0 Å². The average Bonchev–Trinajstić information content (AvgIpc) is 3.08. The molecule has 0 saturated carbocycles. The molecule has 4 rings (SSSR count). The third-order valence-corrected chi connectivity index (χ3v) is 4.18. The van der Waals surface area contributed by atoms with Crippen molar-refractivity contribution in [2.75, 3.05) is 0 Å². The second-order valence-electron chi connectivity index (χ2n) is 5.83. The van der Waals surface area contributed by atoms with Crippen molar-refractivity contribution in [2.45, 2.75) is 19.3 Å². The molecule has 0 spiro atoms. The molecule has 6 heteroatoms. The molecular weight excluding hydrogens is 302 g/mol. The van der Waals surface area contributed by atoms with Crippen LogP contribution in [0.3, 0.4) is 0 Å². The smallest absolute Gasteiger partial charge is 0.266 e. The summed E-state index contributed by atoms with van der Waals surface area (Å²) in [4.78, 5) is 17.0. The first-order valence-corrected chi connectivity index (χ1v) is 8.03. The normalized spacial score (nSPS) is 17.8. The monoisotopic (exact) mass is 319 g/mol. The van der Waals surface area contributed by atoms with E-state index in [4.69, 9.17) is 0 Å². The Bertz CT molecular complexity index is 968. The average molecular weight is 319 g/mol. The number of allylic oxidation sites excluding steroid dienone is 2. The molecule has 1 atom stereocenters. The van der Waals surface area contributed by atoms with Crippen LogP contribution in [0.1, 0.15) is 19.3 Å². The Labute approximate surface area is 138 Å². The molecular formula is C18H17N5O. The minimum absolute atomic E-state index is 0.204. The van der Waals surface area contributed by atoms with Crippen LogP contribution in [0.2, 0.25) is 0 Å². The number of para-hydroxylation sites is 1. The van der Waals surface area contributed by atoms with Gasteiger partial charge in [-0.15, -0.1) is 0 Å². The lowest BCUT2D eigenvalue weighted by Crippen LogP contribution is -2.18. The Hall–Kier alpha value is -3.02. The maximum Gasteiger partial charge on any atom is 0.285 e. The van der Waals surface area contributed by atoms with Crippen molar-refractivity contribution in [3.63, 3.8) is 0 Å². The van der Waals surface area contributed by atoms with Gasteiger partial charge in [-0.3, -0.25) is 4.79 Å². The summed E-state index contributed by atoms with van der Waals surface area (Å²) in [6.45, 7) is 0. The van der Waals surface area contributed by atoms with Gasteiger partial charge in [-0.1, -0.05) is 30.4 Å². The van der Waals surface area contributed by atoms with Crippen LogP contribution in [0.4, 0.5) is 0 Å². The Morgan fingerprint density at radius 1 is 1.21 bits per heavy atom. The highest BCUT2D eigenvalue weighted by atomic mass is 16.1. The van der Waals surface area contributed by atoms with Crippen LogP contribution in [0.15, 0.2) is 64.9 Å². The van der Waals surface area contributed by atoms with Crippen molar-refractivity contribution in [3.05, 3.63) is 65.4 Å². The molecule has 1 aromatic carbocycles. The molecule has 0 fully saturated rings. The van der Waals surface area contributed by atoms with E-state index < -0.39 is 0 Å². The van der Waals surface area contributed by atoms with Crippen LogP contribution >= 0.6 is 0 Å². The molecule has 3 aromatic rings. The number of aromatic nitrogens is 4. The summed E-state index contributed by atoms with van der Waals surface area (Å²) in [6.07, 6.45) is 12.3. The molecule has 1 aliphatic rings. The standard InChI is InChI=1S/C18H17N5O/c24-18-16-12-21-23(15-9-5-2-6-10-15)17(16)19-13-22(18)20-11-14-7-3-1-4-8-14/h1-3,5-6,9-14H,4,7-8H2/b20-11-/t14-/m0/s1. The Morgan fingerprint density at radius 3 is 2.88 bits per heavy atom. The number of fused-ring (bicyclic) bond motifs is 1. The largest absolute Gasteiger partial charge is 0.285 e. The summed E-state index contributed by atoms with van der Waals surface area (Å²) in [5.74, 6) is 0.379. The highest BCUT2D eigenvalue weighted by Gasteiger charge is 2.11. The molecule has 1 aliphatic carbocycles. The Balaban J connectivity index is 1.70. The van der Waals surface area contributed by atoms with E-state index in [2.05, 4.69) is 27.3 Å². The Kier molecular flexibility index (Phi) is 3.78. The molecule has 0 aliphatic heterocycles. The SMILES string of the molecule is O=c1c2cnn(-c3ccccc3)c2ncn1/N=C\[C@H]1CC=CCC1. The molecule has 0 bridgehead atoms. The van der Waals surface area contributed by atoms with Crippen LogP contribution < -0.4 is 5.56 Å². The van der Waals surface area contributed by atoms with E-state index in [0.717, 1.165) is 24.9 Å². The van der Waals surface area contributed by atoms with Crippen LogP contribution in [-0.2, 0) is 0 Å². The molecule has 24 heavy (non-hydrogen) atoms. The van der Waals surface area contributed by atoms with Gasteiger partial charge >= 0.3 is 0 Å². The predicted octanol–water partition coefficient (Wildman–Crippen LogP) is 2.77. The van der Waals surface area contributed by atoms with E-state index in [-0.39, 0.29) is 5.56 Å². The van der Waals surface area contributed by atoms with Gasteiger partial charge < -0.3 is 0 Å². The number of hydrogen-bond donors (Lipinski definition) is 0. The molecule has 2 aromatic heterocycles. The topological polar surface area (TPSA) is 65.1 Å². The van der Waals surface area contributed by atoms with E-state index in [0.29, 0.717) is 17.0 Å². The summed E-state index contributed by atoms with van der Waals surface area (Å²) in [5.41, 5.74) is 1.21. The van der Waals surface area contributed by atoms with Gasteiger partial charge in [-0.05, 0) is 37.3 Å². The van der Waals surface area contributed by atoms with Crippen molar-refractivity contribution in [3.8, 4) is 5.69 Å². The number of benzene rings is 1. The van der Waals surface area contributed by atoms with E-state index in [1.54, 1.807) is 10.9 Å². The highest BCUT2D eigenvalue weighted by molar-refractivity contribution is 5.75. The van der Waals surface area contributed by atoms with Crippen molar-refractivity contribution >= 4 is 17.2 Å². The summed E-state index contributed by atoms with van der Waals surface area (Å²) in [6, 6.07) is 9.63. The fourth-order valence-electron chi connectivity index (χ4n) is 2.86. The van der Waals surface area contributed by atoms with Crippen LogP contribution in [-0.4, -0.2) is 25.7 Å². The fourth-order valence-corrected chi connectivity index (χ4v) is 2.86. The lowest BCUT2D eigenvalue weighted by atomic mass is 9.96. The number of hydrogen-bond acceptors (Lipinski definition) is 4. The zero-order valence-electron chi connectivity index (χ0n) is 13.1. The van der Waals surface area contributed by atoms with Gasteiger partial charge in [-0.2, -0.15) is 14.9 Å². The third kappa shape index (κ3) is 2.67. The number of rotatable bonds is 3. The van der Waals surface area contributed by atoms with Crippen LogP contribution in [0.25, 0.3) is 16.7 Å².